The highest BCUT2D eigenvalue weighted by atomic mass is 16.7. The normalized spacial score (nSPS) is 54.1. The third kappa shape index (κ3) is 3.59. The molecular weight excluding hydrogens is 478 g/mol. The fourth-order valence-corrected chi connectivity index (χ4v) is 12.0. The smallest absolute Gasteiger partial charge is 0.170 e. The summed E-state index contributed by atoms with van der Waals surface area (Å²) >= 11 is 0. The van der Waals surface area contributed by atoms with Crippen LogP contribution in [0.5, 0.6) is 0 Å². The zero-order valence-corrected chi connectivity index (χ0v) is 24.5. The van der Waals surface area contributed by atoms with Crippen molar-refractivity contribution < 1.29 is 25.9 Å². The van der Waals surface area contributed by atoms with Gasteiger partial charge in [-0.25, -0.2) is 0 Å². The lowest BCUT2D eigenvalue weighted by atomic mass is 9.46. The van der Waals surface area contributed by atoms with Crippen LogP contribution in [0.1, 0.15) is 100 Å². The van der Waals surface area contributed by atoms with Gasteiger partial charge in [0.1, 0.15) is 6.10 Å². The highest BCUT2D eigenvalue weighted by molar-refractivity contribution is 5.29. The van der Waals surface area contributed by atoms with Gasteiger partial charge in [0.25, 0.3) is 0 Å². The summed E-state index contributed by atoms with van der Waals surface area (Å²) in [5, 5.41) is 24.7. The molecule has 9 unspecified atom stereocenters. The molecule has 7 fully saturated rings. The minimum atomic E-state index is -1.12. The predicted octanol–water partition coefficient (Wildman–Crippen LogP) is 4.90. The van der Waals surface area contributed by atoms with Gasteiger partial charge in [-0.15, -0.1) is 0 Å². The molecule has 2 spiro atoms. The average Bonchev–Trinajstić information content (AvgIpc) is 3.45. The second-order valence-corrected chi connectivity index (χ2v) is 16.1. The predicted molar refractivity (Wildman–Crippen MR) is 147 cm³/mol. The molecule has 2 aliphatic heterocycles. The lowest BCUT2D eigenvalue weighted by Gasteiger charge is -2.60. The van der Waals surface area contributed by atoms with Gasteiger partial charge in [-0.3, -0.25) is 0 Å². The number of hydrogen-bond donors (Lipinski definition) is 3. The zero-order valence-electron chi connectivity index (χ0n) is 24.5. The molecule has 0 aromatic rings. The molecule has 2 saturated heterocycles. The molecule has 0 radical (unpaired) electrons. The Hall–Kier alpha value is -0.240. The molecule has 7 aliphatic rings. The van der Waals surface area contributed by atoms with Crippen LogP contribution in [0.3, 0.4) is 0 Å². The molecule has 7 rings (SSSR count). The van der Waals surface area contributed by atoms with E-state index in [0.29, 0.717) is 22.2 Å². The monoisotopic (exact) mass is 533 g/mol. The number of aliphatic hydroxyl groups excluding tert-OH is 1. The molecule has 5 aliphatic carbocycles. The third-order valence-corrected chi connectivity index (χ3v) is 13.8. The van der Waals surface area contributed by atoms with Crippen molar-refractivity contribution in [3.63, 3.8) is 0 Å². The topological polar surface area (TPSA) is 80.2 Å². The SMILES string of the molecule is CC12CC[C@@]34CC35CC[C@H](OC3CNCCO3)C(C)(C)C5CCC4C1CC1OC([C@H](O)C(C)(C)O)CCC12.[HH]. The number of aliphatic hydroxyl groups is 2. The van der Waals surface area contributed by atoms with Gasteiger partial charge in [0, 0.05) is 14.5 Å². The van der Waals surface area contributed by atoms with Gasteiger partial charge in [-0.1, -0.05) is 20.8 Å². The molecule has 6 heteroatoms. The molecule has 38 heavy (non-hydrogen) atoms. The first kappa shape index (κ1) is 26.6. The van der Waals surface area contributed by atoms with E-state index in [9.17, 15) is 10.2 Å². The molecule has 6 nitrogen and oxygen atoms in total. The second kappa shape index (κ2) is 8.64. The van der Waals surface area contributed by atoms with Gasteiger partial charge >= 0.3 is 0 Å². The van der Waals surface area contributed by atoms with Crippen molar-refractivity contribution in [2.45, 2.75) is 135 Å². The minimum absolute atomic E-state index is 0. The number of rotatable bonds is 4. The van der Waals surface area contributed by atoms with Crippen LogP contribution in [0.4, 0.5) is 0 Å². The van der Waals surface area contributed by atoms with E-state index >= 15 is 0 Å². The van der Waals surface area contributed by atoms with E-state index in [1.165, 1.54) is 44.9 Å². The first-order chi connectivity index (χ1) is 17.9. The highest BCUT2D eigenvalue weighted by Crippen LogP contribution is 2.87. The van der Waals surface area contributed by atoms with E-state index in [0.717, 1.165) is 56.7 Å². The van der Waals surface area contributed by atoms with Gasteiger partial charge in [0.05, 0.1) is 30.5 Å². The number of ether oxygens (including phenoxy) is 3. The van der Waals surface area contributed by atoms with Crippen molar-refractivity contribution in [2.75, 3.05) is 19.7 Å². The van der Waals surface area contributed by atoms with Crippen molar-refractivity contribution in [1.82, 2.24) is 5.32 Å². The molecule has 0 amide bonds. The fourth-order valence-electron chi connectivity index (χ4n) is 12.0. The summed E-state index contributed by atoms with van der Waals surface area (Å²) in [5.74, 6) is 2.91. The van der Waals surface area contributed by atoms with Gasteiger partial charge in [-0.05, 0) is 123 Å². The van der Waals surface area contributed by atoms with E-state index in [1.807, 2.05) is 0 Å². The maximum atomic E-state index is 10.8. The summed E-state index contributed by atoms with van der Waals surface area (Å²) in [6.07, 6.45) is 11.9. The van der Waals surface area contributed by atoms with E-state index in [4.69, 9.17) is 14.2 Å². The van der Waals surface area contributed by atoms with Crippen molar-refractivity contribution in [3.8, 4) is 0 Å². The first-order valence-electron chi connectivity index (χ1n) is 16.0. The Morgan fingerprint density at radius 2 is 1.76 bits per heavy atom. The Labute approximate surface area is 231 Å². The first-order valence-corrected chi connectivity index (χ1v) is 16.0. The standard InChI is InChI=1S/C32H53NO5.H2/c1-28(2)24-9-7-19-21-16-23-20(6-8-22(37-23)27(34)29(3,4)35)30(21,5)12-13-31(19)18-32(24,31)11-10-25(28)38-26-17-33-14-15-36-26;/h19-27,33-35H,6-18H2,1-5H3;1H/t19?,20?,21?,22?,23?,24?,25-,26?,27-,30?,31-,32?;/m0./s1. The molecular formula is C32H55NO5. The van der Waals surface area contributed by atoms with Crippen LogP contribution < -0.4 is 5.32 Å². The molecule has 3 N–H and O–H groups in total. The van der Waals surface area contributed by atoms with Gasteiger partial charge in [0.2, 0.25) is 0 Å². The van der Waals surface area contributed by atoms with Crippen LogP contribution in [-0.2, 0) is 14.2 Å². The lowest BCUT2D eigenvalue weighted by molar-refractivity contribution is -0.232. The third-order valence-electron chi connectivity index (χ3n) is 13.8. The molecule has 0 bridgehead atoms. The number of hydrogen-bond acceptors (Lipinski definition) is 6. The Bertz CT molecular complexity index is 934. The Morgan fingerprint density at radius 3 is 2.50 bits per heavy atom. The summed E-state index contributed by atoms with van der Waals surface area (Å²) in [7, 11) is 0. The van der Waals surface area contributed by atoms with E-state index < -0.39 is 11.7 Å². The maximum absolute atomic E-state index is 10.8. The molecule has 12 atom stereocenters. The van der Waals surface area contributed by atoms with Gasteiger partial charge in [-0.2, -0.15) is 0 Å². The summed E-state index contributed by atoms with van der Waals surface area (Å²) in [4.78, 5) is 0. The van der Waals surface area contributed by atoms with E-state index in [1.54, 1.807) is 13.8 Å². The minimum Gasteiger partial charge on any atom is -0.388 e. The van der Waals surface area contributed by atoms with E-state index in [2.05, 4.69) is 26.1 Å². The summed E-state index contributed by atoms with van der Waals surface area (Å²) < 4.78 is 19.3. The van der Waals surface area contributed by atoms with Crippen molar-refractivity contribution >= 4 is 0 Å². The second-order valence-electron chi connectivity index (χ2n) is 16.1. The number of nitrogens with one attached hydrogen (secondary N) is 1. The van der Waals surface area contributed by atoms with Crippen LogP contribution in [-0.4, -0.2) is 66.2 Å². The summed E-state index contributed by atoms with van der Waals surface area (Å²) in [6.45, 7) is 13.5. The van der Waals surface area contributed by atoms with Crippen LogP contribution in [0.25, 0.3) is 0 Å². The molecule has 218 valence electrons. The Morgan fingerprint density at radius 1 is 0.974 bits per heavy atom. The number of fused-ring (bicyclic) bond motifs is 4. The van der Waals surface area contributed by atoms with Crippen LogP contribution >= 0.6 is 0 Å². The number of morpholine rings is 1. The quantitative estimate of drug-likeness (QED) is 0.477. The van der Waals surface area contributed by atoms with Crippen LogP contribution in [0, 0.1) is 45.3 Å². The van der Waals surface area contributed by atoms with Gasteiger partial charge in [0.15, 0.2) is 6.29 Å². The maximum Gasteiger partial charge on any atom is 0.170 e. The molecule has 5 saturated carbocycles. The average molecular weight is 534 g/mol. The van der Waals surface area contributed by atoms with Crippen molar-refractivity contribution in [3.05, 3.63) is 0 Å². The van der Waals surface area contributed by atoms with Gasteiger partial charge < -0.3 is 29.7 Å². The summed E-state index contributed by atoms with van der Waals surface area (Å²) in [6, 6.07) is 0. The van der Waals surface area contributed by atoms with E-state index in [-0.39, 0.29) is 31.4 Å². The largest absolute Gasteiger partial charge is 0.388 e. The van der Waals surface area contributed by atoms with Crippen molar-refractivity contribution in [2.24, 2.45) is 45.3 Å². The Kier molecular flexibility index (Phi) is 6.06. The molecule has 0 aromatic carbocycles. The zero-order chi connectivity index (χ0) is 26.7. The fraction of sp³-hybridized carbons (Fsp3) is 1.00. The Balaban J connectivity index is 0.00000277. The van der Waals surface area contributed by atoms with Crippen molar-refractivity contribution in [1.29, 1.82) is 0 Å². The molecule has 0 aromatic heterocycles. The highest BCUT2D eigenvalue weighted by Gasteiger charge is 2.80. The molecule has 2 heterocycles. The van der Waals surface area contributed by atoms with Crippen LogP contribution in [0.2, 0.25) is 0 Å². The lowest BCUT2D eigenvalue weighted by Crippen LogP contribution is -2.56. The van der Waals surface area contributed by atoms with Crippen LogP contribution in [0.15, 0.2) is 0 Å². The summed E-state index contributed by atoms with van der Waals surface area (Å²) in [5.41, 5.74) is 0.473.